The van der Waals surface area contributed by atoms with Gasteiger partial charge in [0.25, 0.3) is 0 Å². The van der Waals surface area contributed by atoms with Gasteiger partial charge in [-0.2, -0.15) is 5.26 Å². The van der Waals surface area contributed by atoms with Crippen molar-refractivity contribution in [3.8, 4) is 11.8 Å². The molecule has 0 spiro atoms. The molecule has 0 amide bonds. The van der Waals surface area contributed by atoms with Crippen molar-refractivity contribution >= 4 is 5.97 Å². The third kappa shape index (κ3) is 2.77. The van der Waals surface area contributed by atoms with Gasteiger partial charge in [0.2, 0.25) is 0 Å². The van der Waals surface area contributed by atoms with Crippen LogP contribution in [0.2, 0.25) is 0 Å². The van der Waals surface area contributed by atoms with Crippen LogP contribution in [-0.4, -0.2) is 18.7 Å². The zero-order valence-corrected chi connectivity index (χ0v) is 12.1. The zero-order valence-electron chi connectivity index (χ0n) is 12.1. The van der Waals surface area contributed by atoms with E-state index in [1.165, 1.54) is 5.56 Å². The minimum Gasteiger partial charge on any atom is -0.490 e. The van der Waals surface area contributed by atoms with Crippen molar-refractivity contribution in [3.05, 3.63) is 29.3 Å². The largest absolute Gasteiger partial charge is 0.490 e. The average molecular weight is 273 g/mol. The van der Waals surface area contributed by atoms with Gasteiger partial charge in [-0.3, -0.25) is 4.79 Å². The fourth-order valence-electron chi connectivity index (χ4n) is 2.48. The maximum atomic E-state index is 11.9. The Labute approximate surface area is 119 Å². The molecule has 1 aromatic carbocycles. The number of nitriles is 1. The second-order valence-electron chi connectivity index (χ2n) is 5.42. The predicted molar refractivity (Wildman–Crippen MR) is 74.3 cm³/mol. The Kier molecular flexibility index (Phi) is 3.99. The molecule has 0 aromatic heterocycles. The summed E-state index contributed by atoms with van der Waals surface area (Å²) in [5.74, 6) is 0.378. The number of rotatable bonds is 4. The Bertz CT molecular complexity index is 561. The van der Waals surface area contributed by atoms with Gasteiger partial charge in [0, 0.05) is 12.8 Å². The molecule has 0 radical (unpaired) electrons. The molecule has 0 saturated carbocycles. The Morgan fingerprint density at radius 1 is 1.60 bits per heavy atom. The second-order valence-corrected chi connectivity index (χ2v) is 5.42. The molecule has 4 nitrogen and oxygen atoms in total. The van der Waals surface area contributed by atoms with Crippen molar-refractivity contribution in [1.29, 1.82) is 5.26 Å². The molecule has 4 heteroatoms. The monoisotopic (exact) mass is 273 g/mol. The molecule has 1 aliphatic heterocycles. The molecular weight excluding hydrogens is 254 g/mol. The molecule has 106 valence electrons. The molecule has 0 saturated heterocycles. The molecule has 0 aliphatic carbocycles. The highest BCUT2D eigenvalue weighted by molar-refractivity contribution is 5.79. The van der Waals surface area contributed by atoms with Gasteiger partial charge in [0.05, 0.1) is 12.7 Å². The topological polar surface area (TPSA) is 59.3 Å². The van der Waals surface area contributed by atoms with Crippen LogP contribution < -0.4 is 4.74 Å². The highest BCUT2D eigenvalue weighted by atomic mass is 16.5. The Morgan fingerprint density at radius 2 is 2.35 bits per heavy atom. The van der Waals surface area contributed by atoms with Gasteiger partial charge in [-0.05, 0) is 32.4 Å². The highest BCUT2D eigenvalue weighted by Gasteiger charge is 2.40. The number of fused-ring (bicyclic) bond motifs is 1. The number of benzene rings is 1. The van der Waals surface area contributed by atoms with E-state index < -0.39 is 11.4 Å². The second kappa shape index (κ2) is 5.54. The number of nitrogens with zero attached hydrogens (tertiary/aromatic N) is 1. The van der Waals surface area contributed by atoms with Crippen LogP contribution in [0.5, 0.6) is 5.75 Å². The van der Waals surface area contributed by atoms with Crippen molar-refractivity contribution in [2.24, 2.45) is 5.41 Å². The first-order valence-electron chi connectivity index (χ1n) is 6.83. The lowest BCUT2D eigenvalue weighted by atomic mass is 9.85. The van der Waals surface area contributed by atoms with E-state index in [9.17, 15) is 10.1 Å². The molecule has 1 aromatic rings. The summed E-state index contributed by atoms with van der Waals surface area (Å²) < 4.78 is 10.8. The van der Waals surface area contributed by atoms with Crippen LogP contribution in [-0.2, 0) is 16.0 Å². The summed E-state index contributed by atoms with van der Waals surface area (Å²) in [6.07, 6.45) is 0.921. The van der Waals surface area contributed by atoms with E-state index >= 15 is 0 Å². The Balaban J connectivity index is 2.09. The Morgan fingerprint density at radius 3 is 3.00 bits per heavy atom. The van der Waals surface area contributed by atoms with Crippen LogP contribution in [0.4, 0.5) is 0 Å². The van der Waals surface area contributed by atoms with Crippen LogP contribution in [0.3, 0.4) is 0 Å². The summed E-state index contributed by atoms with van der Waals surface area (Å²) in [4.78, 5) is 11.9. The molecule has 20 heavy (non-hydrogen) atoms. The molecule has 1 heterocycles. The van der Waals surface area contributed by atoms with Crippen LogP contribution in [0.1, 0.15) is 31.4 Å². The molecule has 0 fully saturated rings. The van der Waals surface area contributed by atoms with Gasteiger partial charge >= 0.3 is 5.97 Å². The average Bonchev–Trinajstić information content (AvgIpc) is 2.79. The minimum atomic E-state index is -1.15. The fraction of sp³-hybridized carbons (Fsp3) is 0.500. The summed E-state index contributed by atoms with van der Waals surface area (Å²) in [5, 5.41) is 9.30. The summed E-state index contributed by atoms with van der Waals surface area (Å²) in [7, 11) is 0. The van der Waals surface area contributed by atoms with Gasteiger partial charge in [-0.1, -0.05) is 17.7 Å². The van der Waals surface area contributed by atoms with E-state index in [1.54, 1.807) is 13.8 Å². The molecule has 1 aliphatic rings. The predicted octanol–water partition coefficient (Wildman–Crippen LogP) is 2.78. The molecule has 0 N–H and O–H groups in total. The fourth-order valence-corrected chi connectivity index (χ4v) is 2.48. The molecule has 2 unspecified atom stereocenters. The van der Waals surface area contributed by atoms with Crippen molar-refractivity contribution in [2.45, 2.75) is 39.7 Å². The third-order valence-corrected chi connectivity index (χ3v) is 3.57. The number of carbonyl (C=O) groups is 1. The lowest BCUT2D eigenvalue weighted by Crippen LogP contribution is -2.34. The van der Waals surface area contributed by atoms with E-state index in [1.807, 2.05) is 19.1 Å². The summed E-state index contributed by atoms with van der Waals surface area (Å²) >= 11 is 0. The molecule has 2 rings (SSSR count). The van der Waals surface area contributed by atoms with E-state index in [4.69, 9.17) is 9.47 Å². The lowest BCUT2D eigenvalue weighted by Gasteiger charge is -2.22. The molecule has 0 bridgehead atoms. The van der Waals surface area contributed by atoms with Crippen LogP contribution in [0.15, 0.2) is 18.2 Å². The van der Waals surface area contributed by atoms with Gasteiger partial charge < -0.3 is 9.47 Å². The maximum absolute atomic E-state index is 11.9. The smallest absolute Gasteiger partial charge is 0.326 e. The molecular formula is C16H19NO3. The van der Waals surface area contributed by atoms with Crippen molar-refractivity contribution in [2.75, 3.05) is 6.61 Å². The maximum Gasteiger partial charge on any atom is 0.326 e. The normalized spacial score (nSPS) is 19.4. The summed E-state index contributed by atoms with van der Waals surface area (Å²) in [5.41, 5.74) is 1.16. The number of carbonyl (C=O) groups excluding carboxylic acids is 1. The van der Waals surface area contributed by atoms with Gasteiger partial charge in [-0.25, -0.2) is 0 Å². The van der Waals surface area contributed by atoms with Crippen LogP contribution >= 0.6 is 0 Å². The van der Waals surface area contributed by atoms with Crippen LogP contribution in [0, 0.1) is 23.7 Å². The van der Waals surface area contributed by atoms with Crippen molar-refractivity contribution in [3.63, 3.8) is 0 Å². The SMILES string of the molecule is CCOC(=O)C(C)(C#N)CC1Cc2cc(C)ccc2O1. The van der Waals surface area contributed by atoms with E-state index in [0.717, 1.165) is 17.7 Å². The van der Waals surface area contributed by atoms with Crippen molar-refractivity contribution < 1.29 is 14.3 Å². The van der Waals surface area contributed by atoms with Gasteiger partial charge in [0.15, 0.2) is 5.41 Å². The van der Waals surface area contributed by atoms with Crippen LogP contribution in [0.25, 0.3) is 0 Å². The highest BCUT2D eigenvalue weighted by Crippen LogP contribution is 2.35. The van der Waals surface area contributed by atoms with E-state index in [0.29, 0.717) is 6.42 Å². The lowest BCUT2D eigenvalue weighted by molar-refractivity contribution is -0.152. The Hall–Kier alpha value is -2.02. The third-order valence-electron chi connectivity index (χ3n) is 3.57. The number of ether oxygens (including phenoxy) is 2. The first-order chi connectivity index (χ1) is 9.48. The number of hydrogen-bond donors (Lipinski definition) is 0. The van der Waals surface area contributed by atoms with E-state index in [2.05, 4.69) is 12.1 Å². The summed E-state index contributed by atoms with van der Waals surface area (Å²) in [6, 6.07) is 8.10. The standard InChI is InChI=1S/C16H19NO3/c1-4-19-15(18)16(3,10-17)9-13-8-12-7-11(2)5-6-14(12)20-13/h5-7,13H,4,8-9H2,1-3H3. The first kappa shape index (κ1) is 14.4. The first-order valence-corrected chi connectivity index (χ1v) is 6.83. The summed E-state index contributed by atoms with van der Waals surface area (Å²) in [6.45, 7) is 5.66. The number of hydrogen-bond acceptors (Lipinski definition) is 4. The quantitative estimate of drug-likeness (QED) is 0.791. The van der Waals surface area contributed by atoms with Gasteiger partial charge in [0.1, 0.15) is 11.9 Å². The number of aryl methyl sites for hydroxylation is 1. The molecule has 2 atom stereocenters. The zero-order chi connectivity index (χ0) is 14.8. The minimum absolute atomic E-state index is 0.152. The van der Waals surface area contributed by atoms with E-state index in [-0.39, 0.29) is 12.7 Å². The number of esters is 1. The van der Waals surface area contributed by atoms with Gasteiger partial charge in [-0.15, -0.1) is 0 Å². The van der Waals surface area contributed by atoms with Crippen molar-refractivity contribution in [1.82, 2.24) is 0 Å².